The number of amides is 1. The van der Waals surface area contributed by atoms with Crippen molar-refractivity contribution >= 4 is 46.6 Å². The van der Waals surface area contributed by atoms with Gasteiger partial charge in [-0.2, -0.15) is 0 Å². The van der Waals surface area contributed by atoms with Crippen molar-refractivity contribution in [3.05, 3.63) is 41.4 Å². The Bertz CT molecular complexity index is 466. The molecule has 0 radical (unpaired) electrons. The van der Waals surface area contributed by atoms with Gasteiger partial charge in [0.1, 0.15) is 0 Å². The van der Waals surface area contributed by atoms with E-state index in [0.717, 1.165) is 0 Å². The third-order valence-electron chi connectivity index (χ3n) is 1.54. The molecule has 102 valence electrons. The van der Waals surface area contributed by atoms with E-state index in [4.69, 9.17) is 39.5 Å². The molecule has 0 aliphatic rings. The van der Waals surface area contributed by atoms with E-state index in [9.17, 15) is 4.79 Å². The van der Waals surface area contributed by atoms with Crippen molar-refractivity contribution < 1.29 is 9.53 Å². The first-order valence-corrected chi connectivity index (χ1v) is 6.41. The molecule has 0 atom stereocenters. The number of benzene rings is 1. The number of hydrogen-bond acceptors (Lipinski definition) is 2. The third kappa shape index (κ3) is 10.3. The Labute approximate surface area is 127 Å². The molecule has 0 unspecified atom stereocenters. The Morgan fingerprint density at radius 2 is 2.16 bits per heavy atom. The lowest BCUT2D eigenvalue weighted by Gasteiger charge is -2.04. The monoisotopic (exact) mass is 319 g/mol. The van der Waals surface area contributed by atoms with Crippen LogP contribution in [-0.4, -0.2) is 18.6 Å². The summed E-state index contributed by atoms with van der Waals surface area (Å²) in [6.45, 7) is 3.14. The molecule has 0 bridgehead atoms. The van der Waals surface area contributed by atoms with Crippen LogP contribution < -0.4 is 5.32 Å². The van der Waals surface area contributed by atoms with E-state index in [-0.39, 0.29) is 12.5 Å². The molecule has 1 rings (SSSR count). The molecule has 0 fully saturated rings. The second kappa shape index (κ2) is 11.7. The zero-order valence-electron chi connectivity index (χ0n) is 9.96. The molecule has 3 nitrogen and oxygen atoms in total. The lowest BCUT2D eigenvalue weighted by atomic mass is 10.3. The van der Waals surface area contributed by atoms with Crippen LogP contribution in [-0.2, 0) is 4.74 Å². The predicted octanol–water partition coefficient (Wildman–Crippen LogP) is 4.50. The predicted molar refractivity (Wildman–Crippen MR) is 81.0 cm³/mol. The summed E-state index contributed by atoms with van der Waals surface area (Å²) < 4.78 is 4.76. The van der Waals surface area contributed by atoms with Crippen LogP contribution in [0.4, 0.5) is 10.5 Å². The Morgan fingerprint density at radius 3 is 2.74 bits per heavy atom. The molecule has 0 spiro atoms. The Balaban J connectivity index is 0.000000982. The Morgan fingerprint density at radius 1 is 1.47 bits per heavy atom. The molecule has 0 aliphatic heterocycles. The van der Waals surface area contributed by atoms with Gasteiger partial charge in [-0.15, -0.1) is 11.6 Å². The standard InChI is InChI=1S/C11H9Cl2NO2.C2H3Cl/c12-6-1-2-7-16-11(15)14-10-5-3-4-9(13)8-10;1-2-3/h3-5,8H,6-7H2,(H,14,15);2H,1H2. The number of carbonyl (C=O) groups is 1. The van der Waals surface area contributed by atoms with Crippen molar-refractivity contribution in [2.75, 3.05) is 17.8 Å². The van der Waals surface area contributed by atoms with Crippen LogP contribution in [0.1, 0.15) is 0 Å². The zero-order valence-corrected chi connectivity index (χ0v) is 12.2. The van der Waals surface area contributed by atoms with Gasteiger partial charge in [0, 0.05) is 10.7 Å². The van der Waals surface area contributed by atoms with Crippen molar-refractivity contribution in [1.29, 1.82) is 0 Å². The molecule has 1 amide bonds. The Kier molecular flexibility index (Phi) is 10.9. The van der Waals surface area contributed by atoms with Crippen molar-refractivity contribution in [3.63, 3.8) is 0 Å². The van der Waals surface area contributed by atoms with E-state index in [1.165, 1.54) is 5.54 Å². The van der Waals surface area contributed by atoms with Crippen LogP contribution in [0.5, 0.6) is 0 Å². The fraction of sp³-hybridized carbons (Fsp3) is 0.154. The number of carbonyl (C=O) groups excluding carboxylic acids is 1. The van der Waals surface area contributed by atoms with Gasteiger partial charge in [-0.05, 0) is 23.7 Å². The van der Waals surface area contributed by atoms with Crippen molar-refractivity contribution in [2.45, 2.75) is 0 Å². The molecule has 6 heteroatoms. The second-order valence-corrected chi connectivity index (χ2v) is 3.87. The van der Waals surface area contributed by atoms with Crippen LogP contribution >= 0.6 is 34.8 Å². The normalized spacial score (nSPS) is 8.16. The van der Waals surface area contributed by atoms with Crippen LogP contribution in [0, 0.1) is 11.8 Å². The molecule has 0 saturated heterocycles. The van der Waals surface area contributed by atoms with Gasteiger partial charge in [-0.25, -0.2) is 4.79 Å². The van der Waals surface area contributed by atoms with E-state index in [2.05, 4.69) is 23.7 Å². The highest BCUT2D eigenvalue weighted by molar-refractivity contribution is 6.30. The van der Waals surface area contributed by atoms with E-state index in [1.807, 2.05) is 0 Å². The minimum atomic E-state index is -0.578. The summed E-state index contributed by atoms with van der Waals surface area (Å²) >= 11 is 15.8. The maximum absolute atomic E-state index is 11.2. The lowest BCUT2D eigenvalue weighted by Crippen LogP contribution is -2.13. The maximum atomic E-state index is 11.2. The molecule has 0 aliphatic carbocycles. The van der Waals surface area contributed by atoms with E-state index >= 15 is 0 Å². The van der Waals surface area contributed by atoms with Gasteiger partial charge in [-0.1, -0.05) is 47.7 Å². The van der Waals surface area contributed by atoms with Crippen molar-refractivity contribution in [2.24, 2.45) is 0 Å². The average Bonchev–Trinajstić information content (AvgIpc) is 2.36. The van der Waals surface area contributed by atoms with E-state index in [1.54, 1.807) is 24.3 Å². The number of halogens is 3. The quantitative estimate of drug-likeness (QED) is 0.643. The average molecular weight is 321 g/mol. The topological polar surface area (TPSA) is 38.3 Å². The lowest BCUT2D eigenvalue weighted by molar-refractivity contribution is 0.176. The first-order valence-electron chi connectivity index (χ1n) is 5.06. The number of rotatable bonds is 2. The highest BCUT2D eigenvalue weighted by Gasteiger charge is 2.01. The maximum Gasteiger partial charge on any atom is 0.412 e. The molecule has 1 N–H and O–H groups in total. The fourth-order valence-electron chi connectivity index (χ4n) is 0.920. The summed E-state index contributed by atoms with van der Waals surface area (Å²) in [6, 6.07) is 6.76. The molecule has 0 heterocycles. The molecular formula is C13H12Cl3NO2. The molecule has 1 aromatic carbocycles. The van der Waals surface area contributed by atoms with Gasteiger partial charge in [0.2, 0.25) is 0 Å². The summed E-state index contributed by atoms with van der Waals surface area (Å²) in [7, 11) is 0. The SMILES string of the molecule is C=CCl.O=C(Nc1cccc(Cl)c1)OCC#CCCl. The second-order valence-electron chi connectivity index (χ2n) is 2.85. The first-order chi connectivity index (χ1) is 9.13. The van der Waals surface area contributed by atoms with Crippen LogP contribution in [0.25, 0.3) is 0 Å². The Hall–Kier alpha value is -1.34. The smallest absolute Gasteiger partial charge is 0.412 e. The number of anilines is 1. The highest BCUT2D eigenvalue weighted by atomic mass is 35.5. The minimum Gasteiger partial charge on any atom is -0.436 e. The minimum absolute atomic E-state index is 0.0130. The van der Waals surface area contributed by atoms with Crippen LogP contribution in [0.15, 0.2) is 36.4 Å². The van der Waals surface area contributed by atoms with Crippen molar-refractivity contribution in [3.8, 4) is 11.8 Å². The number of nitrogens with one attached hydrogen (secondary N) is 1. The largest absolute Gasteiger partial charge is 0.436 e. The van der Waals surface area contributed by atoms with Gasteiger partial charge in [0.25, 0.3) is 0 Å². The summed E-state index contributed by atoms with van der Waals surface area (Å²) in [6.07, 6.45) is -0.578. The van der Waals surface area contributed by atoms with Gasteiger partial charge in [0.15, 0.2) is 6.61 Å². The van der Waals surface area contributed by atoms with E-state index < -0.39 is 6.09 Å². The molecule has 0 saturated carbocycles. The number of alkyl halides is 1. The summed E-state index contributed by atoms with van der Waals surface area (Å²) in [5.41, 5.74) is 1.79. The van der Waals surface area contributed by atoms with Gasteiger partial charge >= 0.3 is 6.09 Å². The van der Waals surface area contributed by atoms with Crippen LogP contribution in [0.3, 0.4) is 0 Å². The van der Waals surface area contributed by atoms with E-state index in [0.29, 0.717) is 10.7 Å². The number of ether oxygens (including phenoxy) is 1. The van der Waals surface area contributed by atoms with Crippen LogP contribution in [0.2, 0.25) is 5.02 Å². The van der Waals surface area contributed by atoms with Crippen molar-refractivity contribution in [1.82, 2.24) is 0 Å². The summed E-state index contributed by atoms with van der Waals surface area (Å²) in [5, 5.41) is 3.05. The summed E-state index contributed by atoms with van der Waals surface area (Å²) in [5.74, 6) is 5.36. The third-order valence-corrected chi connectivity index (χ3v) is 1.91. The molecule has 0 aromatic heterocycles. The number of hydrogen-bond donors (Lipinski definition) is 1. The molecule has 19 heavy (non-hydrogen) atoms. The first kappa shape index (κ1) is 17.7. The fourth-order valence-corrected chi connectivity index (χ4v) is 1.20. The summed E-state index contributed by atoms with van der Waals surface area (Å²) in [4.78, 5) is 11.2. The highest BCUT2D eigenvalue weighted by Crippen LogP contribution is 2.14. The van der Waals surface area contributed by atoms with Gasteiger partial charge in [-0.3, -0.25) is 5.32 Å². The molecular weight excluding hydrogens is 309 g/mol. The van der Waals surface area contributed by atoms with Gasteiger partial charge in [0.05, 0.1) is 5.88 Å². The molecule has 1 aromatic rings. The van der Waals surface area contributed by atoms with Gasteiger partial charge < -0.3 is 4.74 Å². The zero-order chi connectivity index (χ0) is 14.5.